The summed E-state index contributed by atoms with van der Waals surface area (Å²) in [5, 5.41) is 3.00. The van der Waals surface area contributed by atoms with Gasteiger partial charge >= 0.3 is 0 Å². The fraction of sp³-hybridized carbons (Fsp3) is 0.381. The zero-order valence-electron chi connectivity index (χ0n) is 15.6. The fourth-order valence-electron chi connectivity index (χ4n) is 3.23. The molecule has 27 heavy (non-hydrogen) atoms. The normalized spacial score (nSPS) is 16.6. The van der Waals surface area contributed by atoms with Crippen LogP contribution in [-0.2, 0) is 4.79 Å². The Morgan fingerprint density at radius 3 is 2.78 bits per heavy atom. The Bertz CT molecular complexity index is 828. The van der Waals surface area contributed by atoms with E-state index in [1.165, 1.54) is 17.2 Å². The molecule has 6 heteroatoms. The number of aryl methyl sites for hydroxylation is 2. The van der Waals surface area contributed by atoms with Crippen molar-refractivity contribution in [3.8, 4) is 0 Å². The fourth-order valence-corrected chi connectivity index (χ4v) is 4.18. The van der Waals surface area contributed by atoms with Gasteiger partial charge < -0.3 is 10.2 Å². The Hall–Kier alpha value is -2.08. The van der Waals surface area contributed by atoms with Gasteiger partial charge in [-0.3, -0.25) is 4.79 Å². The molecule has 0 radical (unpaired) electrons. The van der Waals surface area contributed by atoms with Crippen LogP contribution in [0, 0.1) is 31.4 Å². The maximum atomic E-state index is 13.4. The molecule has 0 bridgehead atoms. The quantitative estimate of drug-likeness (QED) is 0.746. The second kappa shape index (κ2) is 8.74. The first-order valence-electron chi connectivity index (χ1n) is 9.09. The summed E-state index contributed by atoms with van der Waals surface area (Å²) in [5.74, 6) is -0.931. The third-order valence-electron chi connectivity index (χ3n) is 4.84. The third-order valence-corrected chi connectivity index (χ3v) is 6.00. The van der Waals surface area contributed by atoms with Gasteiger partial charge in [-0.1, -0.05) is 17.7 Å². The summed E-state index contributed by atoms with van der Waals surface area (Å²) in [5.41, 5.74) is 3.05. The molecule has 1 fully saturated rings. The van der Waals surface area contributed by atoms with Crippen molar-refractivity contribution in [1.82, 2.24) is 5.32 Å². The Balaban J connectivity index is 1.44. The van der Waals surface area contributed by atoms with Gasteiger partial charge in [-0.25, -0.2) is 8.78 Å². The highest BCUT2D eigenvalue weighted by molar-refractivity contribution is 8.00. The molecule has 1 atom stereocenters. The molecule has 1 amide bonds. The number of carbonyl (C=O) groups excluding carboxylic acids is 1. The number of benzene rings is 2. The first kappa shape index (κ1) is 19.7. The highest BCUT2D eigenvalue weighted by Gasteiger charge is 2.23. The van der Waals surface area contributed by atoms with Crippen molar-refractivity contribution >= 4 is 23.4 Å². The van der Waals surface area contributed by atoms with Crippen LogP contribution in [-0.4, -0.2) is 31.3 Å². The van der Waals surface area contributed by atoms with E-state index in [0.29, 0.717) is 23.9 Å². The van der Waals surface area contributed by atoms with E-state index in [1.54, 1.807) is 17.8 Å². The molecule has 2 aromatic carbocycles. The highest BCUT2D eigenvalue weighted by Crippen LogP contribution is 2.25. The number of amides is 1. The molecule has 0 spiro atoms. The van der Waals surface area contributed by atoms with Gasteiger partial charge in [0.15, 0.2) is 11.6 Å². The molecule has 0 saturated carbocycles. The lowest BCUT2D eigenvalue weighted by molar-refractivity contribution is -0.118. The predicted octanol–water partition coefficient (Wildman–Crippen LogP) is 4.32. The minimum Gasteiger partial charge on any atom is -0.371 e. The molecule has 3 rings (SSSR count). The summed E-state index contributed by atoms with van der Waals surface area (Å²) < 4.78 is 26.5. The summed E-state index contributed by atoms with van der Waals surface area (Å²) in [6.07, 6.45) is 0.920. The summed E-state index contributed by atoms with van der Waals surface area (Å²) in [6.45, 7) is 6.21. The van der Waals surface area contributed by atoms with Gasteiger partial charge in [0.1, 0.15) is 0 Å². The molecule has 0 aliphatic carbocycles. The van der Waals surface area contributed by atoms with E-state index in [-0.39, 0.29) is 5.91 Å². The average molecular weight is 390 g/mol. The molecule has 1 unspecified atom stereocenters. The van der Waals surface area contributed by atoms with Crippen LogP contribution in [0.1, 0.15) is 17.5 Å². The monoisotopic (exact) mass is 390 g/mol. The van der Waals surface area contributed by atoms with Crippen LogP contribution in [0.3, 0.4) is 0 Å². The van der Waals surface area contributed by atoms with Gasteiger partial charge in [0, 0.05) is 36.3 Å². The number of nitrogens with one attached hydrogen (secondary N) is 1. The number of halogens is 2. The Labute approximate surface area is 163 Å². The number of nitrogens with zero attached hydrogens (tertiary/aromatic N) is 1. The van der Waals surface area contributed by atoms with E-state index in [1.807, 2.05) is 18.7 Å². The van der Waals surface area contributed by atoms with Crippen LogP contribution in [0.5, 0.6) is 0 Å². The van der Waals surface area contributed by atoms with Crippen LogP contribution < -0.4 is 10.2 Å². The van der Waals surface area contributed by atoms with Crippen molar-refractivity contribution in [3.63, 3.8) is 0 Å². The number of rotatable bonds is 6. The van der Waals surface area contributed by atoms with Crippen LogP contribution >= 0.6 is 11.8 Å². The predicted molar refractivity (Wildman–Crippen MR) is 106 cm³/mol. The summed E-state index contributed by atoms with van der Waals surface area (Å²) in [7, 11) is 0. The molecule has 1 heterocycles. The second-order valence-corrected chi connectivity index (χ2v) is 8.08. The average Bonchev–Trinajstić information content (AvgIpc) is 3.12. The molecule has 3 nitrogen and oxygen atoms in total. The van der Waals surface area contributed by atoms with Crippen LogP contribution in [0.2, 0.25) is 0 Å². The first-order valence-corrected chi connectivity index (χ1v) is 10.1. The van der Waals surface area contributed by atoms with Crippen molar-refractivity contribution in [2.45, 2.75) is 25.2 Å². The lowest BCUT2D eigenvalue weighted by Gasteiger charge is -2.19. The zero-order chi connectivity index (χ0) is 19.4. The van der Waals surface area contributed by atoms with Gasteiger partial charge in [0.25, 0.3) is 0 Å². The van der Waals surface area contributed by atoms with Gasteiger partial charge in [-0.2, -0.15) is 0 Å². The van der Waals surface area contributed by atoms with E-state index >= 15 is 0 Å². The van der Waals surface area contributed by atoms with Crippen molar-refractivity contribution in [2.75, 3.05) is 30.3 Å². The minimum absolute atomic E-state index is 0.0205. The molecule has 2 aromatic rings. The molecule has 1 N–H and O–H groups in total. The van der Waals surface area contributed by atoms with Crippen molar-refractivity contribution in [2.24, 2.45) is 5.92 Å². The summed E-state index contributed by atoms with van der Waals surface area (Å²) in [4.78, 5) is 15.3. The second-order valence-electron chi connectivity index (χ2n) is 7.06. The van der Waals surface area contributed by atoms with E-state index < -0.39 is 11.6 Å². The molecule has 1 aliphatic rings. The van der Waals surface area contributed by atoms with E-state index in [0.717, 1.165) is 30.5 Å². The number of carbonyl (C=O) groups is 1. The van der Waals surface area contributed by atoms with Gasteiger partial charge in [0.2, 0.25) is 5.91 Å². The number of anilines is 1. The first-order chi connectivity index (χ1) is 12.9. The molecule has 1 aliphatic heterocycles. The lowest BCUT2D eigenvalue weighted by Crippen LogP contribution is -2.32. The minimum atomic E-state index is -0.830. The standard InChI is InChI=1S/C21H24F2N2OS/c1-14-3-4-15(2)20(9-14)27-13-21(26)24-11-16-7-8-25(12-16)17-5-6-18(22)19(23)10-17/h3-6,9-10,16H,7-8,11-13H2,1-2H3,(H,24,26). The molecular formula is C21H24F2N2OS. The SMILES string of the molecule is Cc1ccc(C)c(SCC(=O)NCC2CCN(c3ccc(F)c(F)c3)C2)c1. The molecular weight excluding hydrogens is 366 g/mol. The largest absolute Gasteiger partial charge is 0.371 e. The van der Waals surface area contributed by atoms with E-state index in [4.69, 9.17) is 0 Å². The number of hydrogen-bond donors (Lipinski definition) is 1. The van der Waals surface area contributed by atoms with Crippen molar-refractivity contribution in [3.05, 3.63) is 59.2 Å². The molecule has 0 aromatic heterocycles. The highest BCUT2D eigenvalue weighted by atomic mass is 32.2. The van der Waals surface area contributed by atoms with Gasteiger partial charge in [-0.05, 0) is 49.9 Å². The van der Waals surface area contributed by atoms with Crippen molar-refractivity contribution in [1.29, 1.82) is 0 Å². The summed E-state index contributed by atoms with van der Waals surface area (Å²) in [6, 6.07) is 10.2. The van der Waals surface area contributed by atoms with E-state index in [2.05, 4.69) is 23.5 Å². The van der Waals surface area contributed by atoms with Gasteiger partial charge in [-0.15, -0.1) is 11.8 Å². The van der Waals surface area contributed by atoms with Crippen LogP contribution in [0.15, 0.2) is 41.3 Å². The van der Waals surface area contributed by atoms with Gasteiger partial charge in [0.05, 0.1) is 5.75 Å². The smallest absolute Gasteiger partial charge is 0.230 e. The molecule has 144 valence electrons. The van der Waals surface area contributed by atoms with E-state index in [9.17, 15) is 13.6 Å². The number of thioether (sulfide) groups is 1. The Morgan fingerprint density at radius 1 is 1.19 bits per heavy atom. The zero-order valence-corrected chi connectivity index (χ0v) is 16.4. The Kier molecular flexibility index (Phi) is 6.37. The van der Waals surface area contributed by atoms with Crippen molar-refractivity contribution < 1.29 is 13.6 Å². The summed E-state index contributed by atoms with van der Waals surface area (Å²) >= 11 is 1.55. The van der Waals surface area contributed by atoms with Crippen LogP contribution in [0.4, 0.5) is 14.5 Å². The third kappa shape index (κ3) is 5.22. The Morgan fingerprint density at radius 2 is 2.00 bits per heavy atom. The topological polar surface area (TPSA) is 32.3 Å². The van der Waals surface area contributed by atoms with Crippen LogP contribution in [0.25, 0.3) is 0 Å². The molecule has 1 saturated heterocycles. The maximum Gasteiger partial charge on any atom is 0.230 e. The maximum absolute atomic E-state index is 13.4. The number of hydrogen-bond acceptors (Lipinski definition) is 3. The lowest BCUT2D eigenvalue weighted by atomic mass is 10.1.